The van der Waals surface area contributed by atoms with Gasteiger partial charge in [0.25, 0.3) is 0 Å². The Bertz CT molecular complexity index is 2670. The number of benzene rings is 7. The van der Waals surface area contributed by atoms with Gasteiger partial charge in [-0.3, -0.25) is 0 Å². The van der Waals surface area contributed by atoms with E-state index in [4.69, 9.17) is 0 Å². The van der Waals surface area contributed by atoms with Crippen molar-refractivity contribution in [1.29, 1.82) is 0 Å². The maximum absolute atomic E-state index is 13.6. The van der Waals surface area contributed by atoms with Crippen molar-refractivity contribution in [2.24, 2.45) is 0 Å². The molecule has 0 saturated carbocycles. The van der Waals surface area contributed by atoms with Crippen molar-refractivity contribution in [2.75, 3.05) is 9.80 Å². The van der Waals surface area contributed by atoms with Gasteiger partial charge in [-0.1, -0.05) is 93.9 Å². The van der Waals surface area contributed by atoms with Gasteiger partial charge in [0.1, 0.15) is 0 Å². The summed E-state index contributed by atoms with van der Waals surface area (Å²) < 4.78 is 40.9. The van der Waals surface area contributed by atoms with Crippen molar-refractivity contribution in [1.82, 2.24) is 0 Å². The number of rotatable bonds is 6. The van der Waals surface area contributed by atoms with Crippen LogP contribution >= 0.6 is 0 Å². The van der Waals surface area contributed by atoms with E-state index in [1.165, 1.54) is 73.3 Å². The highest BCUT2D eigenvalue weighted by molar-refractivity contribution is 5.96. The molecule has 0 fully saturated rings. The van der Waals surface area contributed by atoms with E-state index in [1.807, 2.05) is 30.3 Å². The maximum atomic E-state index is 13.6. The van der Waals surface area contributed by atoms with Crippen LogP contribution in [0, 0.1) is 20.8 Å². The number of hydrogen-bond acceptors (Lipinski definition) is 2. The highest BCUT2D eigenvalue weighted by Crippen LogP contribution is 2.62. The Morgan fingerprint density at radius 1 is 0.421 bits per heavy atom. The summed E-state index contributed by atoms with van der Waals surface area (Å²) in [6.45, 7) is 16.1. The molecule has 0 radical (unpaired) electrons. The summed E-state index contributed by atoms with van der Waals surface area (Å²) in [5, 5.41) is 0. The zero-order chi connectivity index (χ0) is 40.0. The van der Waals surface area contributed by atoms with Gasteiger partial charge in [0, 0.05) is 45.0 Å². The molecule has 0 aromatic heterocycles. The number of para-hydroxylation sites is 2. The van der Waals surface area contributed by atoms with Crippen LogP contribution in [0.3, 0.4) is 0 Å². The first-order valence-corrected chi connectivity index (χ1v) is 19.6. The number of nitrogens with zero attached hydrogens (tertiary/aromatic N) is 2. The van der Waals surface area contributed by atoms with Gasteiger partial charge in [-0.2, -0.15) is 13.2 Å². The summed E-state index contributed by atoms with van der Waals surface area (Å²) in [6, 6.07) is 48.2. The van der Waals surface area contributed by atoms with Crippen molar-refractivity contribution in [2.45, 2.75) is 65.5 Å². The second-order valence-corrected chi connectivity index (χ2v) is 16.7. The molecule has 2 nitrogen and oxygen atoms in total. The third kappa shape index (κ3) is 5.69. The van der Waals surface area contributed by atoms with Gasteiger partial charge in [0.05, 0.1) is 5.56 Å². The lowest BCUT2D eigenvalue weighted by atomic mass is 9.71. The third-order valence-corrected chi connectivity index (χ3v) is 12.5. The van der Waals surface area contributed by atoms with E-state index in [-0.39, 0.29) is 10.8 Å². The van der Waals surface area contributed by atoms with Crippen LogP contribution in [0.4, 0.5) is 47.3 Å². The van der Waals surface area contributed by atoms with Crippen LogP contribution < -0.4 is 9.80 Å². The smallest absolute Gasteiger partial charge is 0.310 e. The Hall–Kier alpha value is -6.07. The van der Waals surface area contributed by atoms with Gasteiger partial charge in [0.15, 0.2) is 0 Å². The van der Waals surface area contributed by atoms with Crippen molar-refractivity contribution in [3.63, 3.8) is 0 Å². The number of anilines is 6. The molecule has 2 aliphatic carbocycles. The lowest BCUT2D eigenvalue weighted by molar-refractivity contribution is -0.137. The first kappa shape index (κ1) is 36.6. The SMILES string of the molecule is Cc1ccc(N(c2ccccc2)c2ccc3c(c2)C(C)(C)c2c-3c(C)c(C)c3c2C(C)(C)c2cc(N(c4ccccc4)c4ccc(C(F)(F)F)cc4)ccc2-3)cc1. The largest absolute Gasteiger partial charge is 0.416 e. The first-order valence-electron chi connectivity index (χ1n) is 19.6. The number of halogens is 3. The van der Waals surface area contributed by atoms with Gasteiger partial charge in [0.2, 0.25) is 0 Å². The molecule has 57 heavy (non-hydrogen) atoms. The van der Waals surface area contributed by atoms with Crippen LogP contribution in [0.15, 0.2) is 146 Å². The molecule has 0 heterocycles. The fourth-order valence-electron chi connectivity index (χ4n) is 9.55. The summed E-state index contributed by atoms with van der Waals surface area (Å²) in [6.07, 6.45) is -4.41. The van der Waals surface area contributed by atoms with Crippen LogP contribution in [0.5, 0.6) is 0 Å². The standard InChI is InChI=1S/C52H45F3N2/c1-32-18-22-38(23-19-32)56(36-14-10-8-11-15-36)40-26-28-42-44(30-40)50(4,5)48-46(42)33(2)34(3)47-43-29-27-41(31-45(43)51(6,7)49(47)48)57(37-16-12-9-13-17-37)39-24-20-35(21-25-39)52(53,54)55/h8-31H,1-7H3. The van der Waals surface area contributed by atoms with Crippen LogP contribution in [-0.2, 0) is 17.0 Å². The summed E-state index contributed by atoms with van der Waals surface area (Å²) >= 11 is 0. The average Bonchev–Trinajstić information content (AvgIpc) is 3.57. The molecule has 7 aromatic rings. The van der Waals surface area contributed by atoms with E-state index in [0.29, 0.717) is 5.69 Å². The number of alkyl halides is 3. The Morgan fingerprint density at radius 3 is 1.16 bits per heavy atom. The molecule has 2 aliphatic rings. The average molecular weight is 755 g/mol. The highest BCUT2D eigenvalue weighted by Gasteiger charge is 2.48. The number of hydrogen-bond donors (Lipinski definition) is 0. The molecule has 0 amide bonds. The topological polar surface area (TPSA) is 6.48 Å². The van der Waals surface area contributed by atoms with E-state index in [0.717, 1.165) is 28.4 Å². The number of aryl methyl sites for hydroxylation is 1. The van der Waals surface area contributed by atoms with Crippen LogP contribution in [0.25, 0.3) is 22.3 Å². The maximum Gasteiger partial charge on any atom is 0.416 e. The van der Waals surface area contributed by atoms with Crippen LogP contribution in [-0.4, -0.2) is 0 Å². The van der Waals surface area contributed by atoms with Gasteiger partial charge in [-0.05, 0) is 161 Å². The fraction of sp³-hybridized carbons (Fsp3) is 0.192. The Kier molecular flexibility index (Phi) is 8.33. The van der Waals surface area contributed by atoms with Gasteiger partial charge in [-0.15, -0.1) is 0 Å². The molecule has 284 valence electrons. The molecule has 0 unspecified atom stereocenters. The quantitative estimate of drug-likeness (QED) is 0.167. The first-order chi connectivity index (χ1) is 27.2. The molecule has 0 spiro atoms. The van der Waals surface area contributed by atoms with E-state index in [2.05, 4.69) is 149 Å². The van der Waals surface area contributed by atoms with E-state index in [1.54, 1.807) is 12.1 Å². The van der Waals surface area contributed by atoms with Crippen molar-refractivity contribution in [3.8, 4) is 22.3 Å². The summed E-state index contributed by atoms with van der Waals surface area (Å²) in [7, 11) is 0. The lowest BCUT2D eigenvalue weighted by Crippen LogP contribution is -2.25. The molecule has 0 bridgehead atoms. The molecule has 5 heteroatoms. The summed E-state index contributed by atoms with van der Waals surface area (Å²) in [4.78, 5) is 4.40. The minimum absolute atomic E-state index is 0.308. The Labute approximate surface area is 333 Å². The van der Waals surface area contributed by atoms with Crippen LogP contribution in [0.2, 0.25) is 0 Å². The lowest BCUT2D eigenvalue weighted by Gasteiger charge is -2.33. The van der Waals surface area contributed by atoms with Gasteiger partial charge >= 0.3 is 6.18 Å². The van der Waals surface area contributed by atoms with E-state index < -0.39 is 11.7 Å². The Morgan fingerprint density at radius 2 is 0.772 bits per heavy atom. The molecular formula is C52H45F3N2. The zero-order valence-corrected chi connectivity index (χ0v) is 33.4. The van der Waals surface area contributed by atoms with Crippen LogP contribution in [0.1, 0.15) is 72.2 Å². The van der Waals surface area contributed by atoms with Crippen molar-refractivity contribution in [3.05, 3.63) is 190 Å². The summed E-state index contributed by atoms with van der Waals surface area (Å²) in [5.74, 6) is 0. The van der Waals surface area contributed by atoms with Gasteiger partial charge in [-0.25, -0.2) is 0 Å². The highest BCUT2D eigenvalue weighted by atomic mass is 19.4. The van der Waals surface area contributed by atoms with Gasteiger partial charge < -0.3 is 9.80 Å². The minimum atomic E-state index is -4.41. The molecule has 0 atom stereocenters. The molecule has 9 rings (SSSR count). The molecule has 0 N–H and O–H groups in total. The second-order valence-electron chi connectivity index (χ2n) is 16.7. The minimum Gasteiger partial charge on any atom is -0.310 e. The van der Waals surface area contributed by atoms with E-state index >= 15 is 0 Å². The molecule has 0 aliphatic heterocycles. The third-order valence-electron chi connectivity index (χ3n) is 12.5. The van der Waals surface area contributed by atoms with Crippen molar-refractivity contribution >= 4 is 34.1 Å². The molecular weight excluding hydrogens is 710 g/mol. The Balaban J connectivity index is 1.19. The second kappa shape index (κ2) is 13.0. The van der Waals surface area contributed by atoms with Crippen molar-refractivity contribution < 1.29 is 13.2 Å². The van der Waals surface area contributed by atoms with E-state index in [9.17, 15) is 13.2 Å². The number of fused-ring (bicyclic) bond motifs is 7. The summed E-state index contributed by atoms with van der Waals surface area (Å²) in [5.41, 5.74) is 18.6. The molecule has 7 aromatic carbocycles. The predicted molar refractivity (Wildman–Crippen MR) is 230 cm³/mol. The molecule has 0 saturated heterocycles. The zero-order valence-electron chi connectivity index (χ0n) is 33.4. The normalized spacial score (nSPS) is 14.4. The predicted octanol–water partition coefficient (Wildman–Crippen LogP) is 15.2. The fourth-order valence-corrected chi connectivity index (χ4v) is 9.55. The monoisotopic (exact) mass is 754 g/mol.